The molecule has 0 aromatic heterocycles. The third kappa shape index (κ3) is 10.3. The molecular formula is C17H33O7P. The van der Waals surface area contributed by atoms with Gasteiger partial charge in [-0.15, -0.1) is 0 Å². The number of carbonyl (C=O) groups is 1. The quantitative estimate of drug-likeness (QED) is 0.182. The number of Topliss-reactive ketones (excluding diaryl/α,β-unsaturated/α-hetero) is 1. The van der Waals surface area contributed by atoms with Gasteiger partial charge in [0.25, 0.3) is 5.79 Å². The van der Waals surface area contributed by atoms with E-state index < -0.39 is 31.5 Å². The third-order valence-electron chi connectivity index (χ3n) is 4.31. The SMILES string of the molecule is CCCCCCCCCCCCCC(=O)C(O)C(O)(O)C(O)[P+](=O)[O-]. The first-order valence-corrected chi connectivity index (χ1v) is 10.5. The summed E-state index contributed by atoms with van der Waals surface area (Å²) in [5.41, 5.74) is 0. The molecule has 7 nitrogen and oxygen atoms in total. The second-order valence-electron chi connectivity index (χ2n) is 6.60. The summed E-state index contributed by atoms with van der Waals surface area (Å²) in [6, 6.07) is 0. The molecule has 3 atom stereocenters. The van der Waals surface area contributed by atoms with E-state index in [0.717, 1.165) is 25.7 Å². The molecule has 0 amide bonds. The van der Waals surface area contributed by atoms with Gasteiger partial charge in [-0.2, -0.15) is 0 Å². The van der Waals surface area contributed by atoms with Crippen molar-refractivity contribution in [3.8, 4) is 0 Å². The Bertz CT molecular complexity index is 387. The predicted molar refractivity (Wildman–Crippen MR) is 92.9 cm³/mol. The van der Waals surface area contributed by atoms with Crippen LogP contribution in [0.2, 0.25) is 0 Å². The molecule has 148 valence electrons. The van der Waals surface area contributed by atoms with Gasteiger partial charge < -0.3 is 25.3 Å². The molecule has 0 fully saturated rings. The minimum absolute atomic E-state index is 0.0938. The van der Waals surface area contributed by atoms with Gasteiger partial charge in [0.05, 0.1) is 0 Å². The molecule has 0 radical (unpaired) electrons. The Morgan fingerprint density at radius 2 is 1.32 bits per heavy atom. The first kappa shape index (κ1) is 24.6. The van der Waals surface area contributed by atoms with Crippen molar-refractivity contribution in [1.29, 1.82) is 0 Å². The lowest BCUT2D eigenvalue weighted by molar-refractivity contribution is -0.262. The average molecular weight is 380 g/mol. The predicted octanol–water partition coefficient (Wildman–Crippen LogP) is 1.72. The lowest BCUT2D eigenvalue weighted by Gasteiger charge is -2.26. The highest BCUT2D eigenvalue weighted by atomic mass is 31.1. The summed E-state index contributed by atoms with van der Waals surface area (Å²) in [7, 11) is -3.59. The average Bonchev–Trinajstić information content (AvgIpc) is 2.57. The van der Waals surface area contributed by atoms with Crippen LogP contribution in [0.4, 0.5) is 0 Å². The Labute approximate surface area is 151 Å². The zero-order valence-corrected chi connectivity index (χ0v) is 16.0. The summed E-state index contributed by atoms with van der Waals surface area (Å²) in [5.74, 6) is -6.89. The first-order valence-electron chi connectivity index (χ1n) is 9.22. The Hall–Kier alpha value is -0.430. The number of hydrogen-bond acceptors (Lipinski definition) is 7. The highest BCUT2D eigenvalue weighted by Gasteiger charge is 2.51. The Morgan fingerprint density at radius 1 is 0.920 bits per heavy atom. The maximum absolute atomic E-state index is 11.7. The van der Waals surface area contributed by atoms with E-state index in [2.05, 4.69) is 6.92 Å². The van der Waals surface area contributed by atoms with Gasteiger partial charge >= 0.3 is 13.9 Å². The van der Waals surface area contributed by atoms with Gasteiger partial charge in [-0.1, -0.05) is 75.7 Å². The lowest BCUT2D eigenvalue weighted by Crippen LogP contribution is -2.54. The molecule has 0 aliphatic carbocycles. The molecule has 0 bridgehead atoms. The van der Waals surface area contributed by atoms with E-state index in [1.54, 1.807) is 0 Å². The number of aliphatic hydroxyl groups excluding tert-OH is 2. The summed E-state index contributed by atoms with van der Waals surface area (Å²) in [4.78, 5) is 22.3. The molecule has 25 heavy (non-hydrogen) atoms. The minimum atomic E-state index is -3.59. The minimum Gasteiger partial charge on any atom is -0.593 e. The second-order valence-corrected chi connectivity index (χ2v) is 7.66. The maximum atomic E-state index is 11.7. The number of aliphatic hydroxyl groups is 4. The van der Waals surface area contributed by atoms with Crippen molar-refractivity contribution in [2.24, 2.45) is 0 Å². The van der Waals surface area contributed by atoms with E-state index in [9.17, 15) is 29.6 Å². The van der Waals surface area contributed by atoms with Crippen LogP contribution in [0.3, 0.4) is 0 Å². The van der Waals surface area contributed by atoms with E-state index in [4.69, 9.17) is 5.11 Å². The van der Waals surface area contributed by atoms with Crippen LogP contribution in [0.1, 0.15) is 84.0 Å². The second kappa shape index (κ2) is 13.7. The van der Waals surface area contributed by atoms with E-state index >= 15 is 0 Å². The smallest absolute Gasteiger partial charge is 0.347 e. The van der Waals surface area contributed by atoms with Crippen LogP contribution in [0.25, 0.3) is 0 Å². The van der Waals surface area contributed by atoms with Crippen molar-refractivity contribution in [1.82, 2.24) is 0 Å². The van der Waals surface area contributed by atoms with Crippen LogP contribution in [0.15, 0.2) is 0 Å². The van der Waals surface area contributed by atoms with E-state index in [1.165, 1.54) is 38.5 Å². The fourth-order valence-corrected chi connectivity index (χ4v) is 3.08. The van der Waals surface area contributed by atoms with Gasteiger partial charge in [-0.25, -0.2) is 0 Å². The summed E-state index contributed by atoms with van der Waals surface area (Å²) in [6.45, 7) is 2.19. The van der Waals surface area contributed by atoms with Crippen LogP contribution in [-0.4, -0.2) is 43.9 Å². The Morgan fingerprint density at radius 3 is 1.72 bits per heavy atom. The first-order chi connectivity index (χ1) is 11.7. The molecule has 3 unspecified atom stereocenters. The zero-order chi connectivity index (χ0) is 19.3. The van der Waals surface area contributed by atoms with E-state index in [1.807, 2.05) is 0 Å². The Balaban J connectivity index is 3.78. The lowest BCUT2D eigenvalue weighted by atomic mass is 10.00. The molecular weight excluding hydrogens is 347 g/mol. The van der Waals surface area contributed by atoms with Gasteiger partial charge in [0, 0.05) is 6.42 Å². The van der Waals surface area contributed by atoms with Crippen LogP contribution >= 0.6 is 8.03 Å². The number of hydrogen-bond donors (Lipinski definition) is 4. The van der Waals surface area contributed by atoms with Gasteiger partial charge in [-0.3, -0.25) is 4.79 Å². The maximum Gasteiger partial charge on any atom is 0.347 e. The van der Waals surface area contributed by atoms with Gasteiger partial charge in [0.15, 0.2) is 11.9 Å². The number of ketones is 1. The molecule has 0 aromatic carbocycles. The number of carbonyl (C=O) groups excluding carboxylic acids is 1. The highest BCUT2D eigenvalue weighted by molar-refractivity contribution is 7.37. The van der Waals surface area contributed by atoms with Crippen molar-refractivity contribution in [3.63, 3.8) is 0 Å². The highest BCUT2D eigenvalue weighted by Crippen LogP contribution is 2.28. The number of rotatable bonds is 16. The zero-order valence-electron chi connectivity index (χ0n) is 15.1. The monoisotopic (exact) mass is 380 g/mol. The van der Waals surface area contributed by atoms with Crippen molar-refractivity contribution >= 4 is 13.8 Å². The summed E-state index contributed by atoms with van der Waals surface area (Å²) >= 11 is 0. The van der Waals surface area contributed by atoms with Crippen molar-refractivity contribution in [3.05, 3.63) is 0 Å². The van der Waals surface area contributed by atoms with Crippen LogP contribution in [0, 0.1) is 0 Å². The van der Waals surface area contributed by atoms with Gasteiger partial charge in [-0.05, 0) is 6.42 Å². The molecule has 0 saturated carbocycles. The van der Waals surface area contributed by atoms with Crippen LogP contribution < -0.4 is 4.89 Å². The molecule has 0 aromatic rings. The van der Waals surface area contributed by atoms with Crippen LogP contribution in [0.5, 0.6) is 0 Å². The van der Waals surface area contributed by atoms with Crippen molar-refractivity contribution in [2.45, 2.75) is 102 Å². The topological polar surface area (TPSA) is 138 Å². The summed E-state index contributed by atoms with van der Waals surface area (Å²) in [6.07, 6.45) is 9.58. The van der Waals surface area contributed by atoms with Gasteiger partial charge in [0.2, 0.25) is 0 Å². The largest absolute Gasteiger partial charge is 0.593 e. The molecule has 0 heterocycles. The molecule has 0 rings (SSSR count). The molecule has 0 aliphatic rings. The molecule has 4 N–H and O–H groups in total. The molecule has 0 aliphatic heterocycles. The van der Waals surface area contributed by atoms with Crippen LogP contribution in [-0.2, 0) is 9.36 Å². The van der Waals surface area contributed by atoms with Crippen molar-refractivity contribution in [2.75, 3.05) is 0 Å². The van der Waals surface area contributed by atoms with E-state index in [0.29, 0.717) is 6.42 Å². The summed E-state index contributed by atoms with van der Waals surface area (Å²) < 4.78 is 10.6. The summed E-state index contributed by atoms with van der Waals surface area (Å²) in [5, 5.41) is 37.5. The Kier molecular flexibility index (Phi) is 13.5. The molecule has 0 spiro atoms. The number of unbranched alkanes of at least 4 members (excludes halogenated alkanes) is 10. The standard InChI is InChI=1S/C17H33O7P/c1-2-3-4-5-6-7-8-9-10-11-12-13-14(18)15(19)17(21,22)16(20)25(23)24/h15-16,19-22H,2-13H2,1H3. The normalized spacial score (nSPS) is 15.0. The third-order valence-corrected chi connectivity index (χ3v) is 5.09. The fourth-order valence-electron chi connectivity index (χ4n) is 2.63. The molecule has 0 saturated heterocycles. The fraction of sp³-hybridized carbons (Fsp3) is 0.941. The van der Waals surface area contributed by atoms with E-state index in [-0.39, 0.29) is 6.42 Å². The van der Waals surface area contributed by atoms with Crippen molar-refractivity contribution < 1.29 is 34.7 Å². The van der Waals surface area contributed by atoms with Gasteiger partial charge in [0.1, 0.15) is 0 Å². The molecule has 8 heteroatoms.